The van der Waals surface area contributed by atoms with Gasteiger partial charge in [0.15, 0.2) is 0 Å². The molecule has 0 spiro atoms. The van der Waals surface area contributed by atoms with Crippen molar-refractivity contribution in [3.05, 3.63) is 0 Å². The lowest BCUT2D eigenvalue weighted by molar-refractivity contribution is -0.113. The van der Waals surface area contributed by atoms with Gasteiger partial charge in [0.2, 0.25) is 0 Å². The Labute approximate surface area is 88.6 Å². The van der Waals surface area contributed by atoms with E-state index in [0.29, 0.717) is 12.8 Å². The van der Waals surface area contributed by atoms with Crippen LogP contribution in [0.3, 0.4) is 0 Å². The van der Waals surface area contributed by atoms with Gasteiger partial charge < -0.3 is 20.5 Å². The van der Waals surface area contributed by atoms with E-state index in [9.17, 15) is 9.59 Å². The normalized spacial score (nSPS) is 21.7. The van der Waals surface area contributed by atoms with E-state index in [2.05, 4.69) is 15.5 Å². The van der Waals surface area contributed by atoms with Gasteiger partial charge in [-0.15, -0.1) is 0 Å². The van der Waals surface area contributed by atoms with Crippen molar-refractivity contribution < 1.29 is 14.7 Å². The highest BCUT2D eigenvalue weighted by molar-refractivity contribution is 5.74. The molecule has 1 unspecified atom stereocenters. The predicted octanol–water partition coefficient (Wildman–Crippen LogP) is -0.883. The van der Waals surface area contributed by atoms with Crippen molar-refractivity contribution >= 4 is 12.4 Å². The molecule has 0 aromatic carbocycles. The van der Waals surface area contributed by atoms with Gasteiger partial charge in [0, 0.05) is 32.7 Å². The molecule has 0 aliphatic carbocycles. The van der Waals surface area contributed by atoms with Crippen molar-refractivity contribution in [3.8, 4) is 0 Å². The van der Waals surface area contributed by atoms with Gasteiger partial charge in [0.05, 0.1) is 0 Å². The fourth-order valence-corrected chi connectivity index (χ4v) is 1.68. The Bertz CT molecular complexity index is 241. The second-order valence-electron chi connectivity index (χ2n) is 3.99. The van der Waals surface area contributed by atoms with Crippen molar-refractivity contribution in [3.63, 3.8) is 0 Å². The van der Waals surface area contributed by atoms with Crippen LogP contribution in [-0.2, 0) is 4.79 Å². The van der Waals surface area contributed by atoms with Gasteiger partial charge in [-0.2, -0.15) is 0 Å². The van der Waals surface area contributed by atoms with Crippen molar-refractivity contribution in [2.75, 3.05) is 32.7 Å². The fourth-order valence-electron chi connectivity index (χ4n) is 1.68. The number of carbonyl (C=O) groups excluding carboxylic acids is 1. The first-order valence-corrected chi connectivity index (χ1v) is 4.96. The van der Waals surface area contributed by atoms with Gasteiger partial charge in [-0.25, -0.2) is 4.79 Å². The minimum atomic E-state index is -1.17. The van der Waals surface area contributed by atoms with E-state index in [1.807, 2.05) is 0 Å². The number of hydrogen-bond donors (Lipinski definition) is 3. The van der Waals surface area contributed by atoms with Crippen LogP contribution < -0.4 is 10.6 Å². The zero-order valence-electron chi connectivity index (χ0n) is 8.82. The Morgan fingerprint density at radius 1 is 1.60 bits per heavy atom. The molecule has 3 N–H and O–H groups in total. The topological polar surface area (TPSA) is 81.7 Å². The molecule has 6 heteroatoms. The SMILES string of the molecule is CC(C=O)(CN1CCNCC1)NC(=O)O. The number of carboxylic acid groups (broad SMARTS) is 1. The summed E-state index contributed by atoms with van der Waals surface area (Å²) in [6.45, 7) is 5.44. The molecule has 0 aromatic rings. The number of piperazine rings is 1. The summed E-state index contributed by atoms with van der Waals surface area (Å²) in [6.07, 6.45) is -0.511. The standard InChI is InChI=1S/C9H17N3O3/c1-9(7-13,11-8(14)15)6-12-4-2-10-3-5-12/h7,10-11H,2-6H2,1H3,(H,14,15). The van der Waals surface area contributed by atoms with E-state index in [1.54, 1.807) is 6.92 Å². The maximum absolute atomic E-state index is 10.9. The molecule has 1 aliphatic heterocycles. The molecule has 0 radical (unpaired) electrons. The molecular formula is C9H17N3O3. The van der Waals surface area contributed by atoms with Crippen molar-refractivity contribution in [2.45, 2.75) is 12.5 Å². The van der Waals surface area contributed by atoms with Gasteiger partial charge >= 0.3 is 6.09 Å². The number of aldehydes is 1. The summed E-state index contributed by atoms with van der Waals surface area (Å²) in [4.78, 5) is 23.5. The largest absolute Gasteiger partial charge is 0.465 e. The molecule has 1 atom stereocenters. The molecule has 6 nitrogen and oxygen atoms in total. The highest BCUT2D eigenvalue weighted by atomic mass is 16.4. The van der Waals surface area contributed by atoms with Crippen LogP contribution in [0.1, 0.15) is 6.92 Å². The molecule has 1 amide bonds. The molecule has 1 heterocycles. The number of rotatable bonds is 4. The van der Waals surface area contributed by atoms with Crippen LogP contribution in [0, 0.1) is 0 Å². The summed E-state index contributed by atoms with van der Waals surface area (Å²) < 4.78 is 0. The van der Waals surface area contributed by atoms with E-state index in [1.165, 1.54) is 0 Å². The predicted molar refractivity (Wildman–Crippen MR) is 54.9 cm³/mol. The third-order valence-electron chi connectivity index (χ3n) is 2.41. The Hall–Kier alpha value is -1.14. The maximum atomic E-state index is 10.9. The first kappa shape index (κ1) is 11.9. The second kappa shape index (κ2) is 5.09. The van der Waals surface area contributed by atoms with Crippen LogP contribution in [-0.4, -0.2) is 60.6 Å². The van der Waals surface area contributed by atoms with Gasteiger partial charge in [-0.1, -0.05) is 0 Å². The number of hydrogen-bond acceptors (Lipinski definition) is 4. The van der Waals surface area contributed by atoms with Crippen molar-refractivity contribution in [2.24, 2.45) is 0 Å². The Kier molecular flexibility index (Phi) is 4.05. The first-order chi connectivity index (χ1) is 7.06. The van der Waals surface area contributed by atoms with Crippen molar-refractivity contribution in [1.29, 1.82) is 0 Å². The highest BCUT2D eigenvalue weighted by Crippen LogP contribution is 2.04. The summed E-state index contributed by atoms with van der Waals surface area (Å²) in [5.41, 5.74) is -1.01. The lowest BCUT2D eigenvalue weighted by Gasteiger charge is -2.33. The molecule has 1 aliphatic rings. The Morgan fingerprint density at radius 2 is 2.20 bits per heavy atom. The Balaban J connectivity index is 2.50. The number of nitrogens with zero attached hydrogens (tertiary/aromatic N) is 1. The quantitative estimate of drug-likeness (QED) is 0.530. The second-order valence-corrected chi connectivity index (χ2v) is 3.99. The molecule has 1 saturated heterocycles. The van der Waals surface area contributed by atoms with Gasteiger partial charge in [-0.05, 0) is 6.92 Å². The lowest BCUT2D eigenvalue weighted by Crippen LogP contribution is -2.57. The van der Waals surface area contributed by atoms with E-state index in [-0.39, 0.29) is 0 Å². The highest BCUT2D eigenvalue weighted by Gasteiger charge is 2.28. The molecule has 0 bridgehead atoms. The van der Waals surface area contributed by atoms with Crippen LogP contribution in [0.4, 0.5) is 4.79 Å². The van der Waals surface area contributed by atoms with Crippen LogP contribution >= 0.6 is 0 Å². The molecule has 15 heavy (non-hydrogen) atoms. The lowest BCUT2D eigenvalue weighted by atomic mass is 10.0. The first-order valence-electron chi connectivity index (χ1n) is 4.96. The minimum Gasteiger partial charge on any atom is -0.465 e. The van der Waals surface area contributed by atoms with Gasteiger partial charge in [0.1, 0.15) is 11.8 Å². The fraction of sp³-hybridized carbons (Fsp3) is 0.778. The summed E-state index contributed by atoms with van der Waals surface area (Å²) in [5.74, 6) is 0. The van der Waals surface area contributed by atoms with E-state index < -0.39 is 11.6 Å². The number of nitrogens with one attached hydrogen (secondary N) is 2. The van der Waals surface area contributed by atoms with Crippen LogP contribution in [0.25, 0.3) is 0 Å². The van der Waals surface area contributed by atoms with Gasteiger partial charge in [-0.3, -0.25) is 4.90 Å². The van der Waals surface area contributed by atoms with Gasteiger partial charge in [0.25, 0.3) is 0 Å². The summed E-state index contributed by atoms with van der Waals surface area (Å²) in [6, 6.07) is 0. The molecule has 0 saturated carbocycles. The smallest absolute Gasteiger partial charge is 0.405 e. The third-order valence-corrected chi connectivity index (χ3v) is 2.41. The average Bonchev–Trinajstić information content (AvgIpc) is 2.18. The average molecular weight is 215 g/mol. The molecule has 86 valence electrons. The minimum absolute atomic E-state index is 0.421. The summed E-state index contributed by atoms with van der Waals surface area (Å²) >= 11 is 0. The van der Waals surface area contributed by atoms with Crippen LogP contribution in [0.5, 0.6) is 0 Å². The van der Waals surface area contributed by atoms with E-state index >= 15 is 0 Å². The monoisotopic (exact) mass is 215 g/mol. The van der Waals surface area contributed by atoms with Crippen LogP contribution in [0.2, 0.25) is 0 Å². The maximum Gasteiger partial charge on any atom is 0.405 e. The van der Waals surface area contributed by atoms with E-state index in [0.717, 1.165) is 26.2 Å². The summed E-state index contributed by atoms with van der Waals surface area (Å²) in [7, 11) is 0. The molecule has 1 rings (SSSR count). The Morgan fingerprint density at radius 3 is 2.67 bits per heavy atom. The third kappa shape index (κ3) is 3.85. The number of amides is 1. The molecule has 0 aromatic heterocycles. The van der Waals surface area contributed by atoms with E-state index in [4.69, 9.17) is 5.11 Å². The molecular weight excluding hydrogens is 198 g/mol. The van der Waals surface area contributed by atoms with Crippen molar-refractivity contribution in [1.82, 2.24) is 15.5 Å². The zero-order chi connectivity index (χ0) is 11.3. The zero-order valence-corrected chi connectivity index (χ0v) is 8.82. The summed E-state index contributed by atoms with van der Waals surface area (Å²) in [5, 5.41) is 14.0. The van der Waals surface area contributed by atoms with Crippen LogP contribution in [0.15, 0.2) is 0 Å². The number of carbonyl (C=O) groups is 2. The molecule has 1 fully saturated rings.